The van der Waals surface area contributed by atoms with E-state index >= 15 is 0 Å². The lowest BCUT2D eigenvalue weighted by Gasteiger charge is -2.07. The highest BCUT2D eigenvalue weighted by Crippen LogP contribution is 2.13. The number of nitrogens with zero attached hydrogens (tertiary/aromatic N) is 2. The molecule has 5 nitrogen and oxygen atoms in total. The van der Waals surface area contributed by atoms with Crippen LogP contribution in [0.25, 0.3) is 0 Å². The first kappa shape index (κ1) is 11.2. The average molecular weight is 230 g/mol. The lowest BCUT2D eigenvalue weighted by atomic mass is 10.3. The van der Waals surface area contributed by atoms with Crippen LogP contribution in [0.1, 0.15) is 0 Å². The molecular weight excluding hydrogens is 216 g/mol. The van der Waals surface area contributed by atoms with Gasteiger partial charge in [0, 0.05) is 24.1 Å². The third-order valence-corrected chi connectivity index (χ3v) is 2.10. The molecule has 2 aromatic rings. The SMILES string of the molecule is Nc1cccc(OCCNc2cnccn2)c1. The fraction of sp³-hybridized carbons (Fsp3) is 0.167. The molecule has 0 unspecified atom stereocenters. The van der Waals surface area contributed by atoms with Gasteiger partial charge >= 0.3 is 0 Å². The van der Waals surface area contributed by atoms with E-state index in [0.29, 0.717) is 18.8 Å². The first-order valence-electron chi connectivity index (χ1n) is 5.33. The number of aromatic nitrogens is 2. The molecule has 0 saturated heterocycles. The second-order valence-corrected chi connectivity index (χ2v) is 3.44. The highest BCUT2D eigenvalue weighted by molar-refractivity contribution is 5.43. The van der Waals surface area contributed by atoms with E-state index in [2.05, 4.69) is 15.3 Å². The first-order chi connectivity index (χ1) is 8.34. The van der Waals surface area contributed by atoms with Gasteiger partial charge in [-0.25, -0.2) is 4.98 Å². The summed E-state index contributed by atoms with van der Waals surface area (Å²) in [5.74, 6) is 1.51. The molecule has 0 bridgehead atoms. The van der Waals surface area contributed by atoms with Crippen LogP contribution in [0.3, 0.4) is 0 Å². The Labute approximate surface area is 99.7 Å². The topological polar surface area (TPSA) is 73.1 Å². The molecule has 0 aliphatic carbocycles. The van der Waals surface area contributed by atoms with Crippen LogP contribution in [0.5, 0.6) is 5.75 Å². The Morgan fingerprint density at radius 2 is 2.24 bits per heavy atom. The van der Waals surface area contributed by atoms with Gasteiger partial charge in [0.1, 0.15) is 18.2 Å². The number of nitrogens with two attached hydrogens (primary N) is 1. The minimum atomic E-state index is 0.542. The van der Waals surface area contributed by atoms with Crippen LogP contribution >= 0.6 is 0 Å². The van der Waals surface area contributed by atoms with Gasteiger partial charge in [0.15, 0.2) is 0 Å². The van der Waals surface area contributed by atoms with Gasteiger partial charge in [0.05, 0.1) is 12.7 Å². The van der Waals surface area contributed by atoms with E-state index in [9.17, 15) is 0 Å². The Morgan fingerprint density at radius 1 is 1.29 bits per heavy atom. The van der Waals surface area contributed by atoms with Crippen molar-refractivity contribution in [2.24, 2.45) is 0 Å². The lowest BCUT2D eigenvalue weighted by molar-refractivity contribution is 0.333. The minimum absolute atomic E-state index is 0.542. The Hall–Kier alpha value is -2.30. The zero-order valence-electron chi connectivity index (χ0n) is 9.34. The molecule has 3 N–H and O–H groups in total. The monoisotopic (exact) mass is 230 g/mol. The maximum atomic E-state index is 5.64. The summed E-state index contributed by atoms with van der Waals surface area (Å²) < 4.78 is 5.52. The predicted molar refractivity (Wildman–Crippen MR) is 66.9 cm³/mol. The van der Waals surface area contributed by atoms with E-state index in [0.717, 1.165) is 11.6 Å². The minimum Gasteiger partial charge on any atom is -0.492 e. The van der Waals surface area contributed by atoms with Crippen LogP contribution in [0.4, 0.5) is 11.5 Å². The van der Waals surface area contributed by atoms with Crippen molar-refractivity contribution in [2.75, 3.05) is 24.2 Å². The second kappa shape index (κ2) is 5.69. The van der Waals surface area contributed by atoms with Gasteiger partial charge in [-0.2, -0.15) is 0 Å². The maximum absolute atomic E-state index is 5.64. The summed E-state index contributed by atoms with van der Waals surface area (Å²) in [6, 6.07) is 7.35. The highest BCUT2D eigenvalue weighted by atomic mass is 16.5. The number of nitrogens with one attached hydrogen (secondary N) is 1. The normalized spacial score (nSPS) is 9.88. The van der Waals surface area contributed by atoms with Crippen molar-refractivity contribution in [3.63, 3.8) is 0 Å². The highest BCUT2D eigenvalue weighted by Gasteiger charge is 1.95. The van der Waals surface area contributed by atoms with E-state index in [1.54, 1.807) is 24.7 Å². The quantitative estimate of drug-likeness (QED) is 0.602. The van der Waals surface area contributed by atoms with Crippen molar-refractivity contribution in [3.05, 3.63) is 42.9 Å². The van der Waals surface area contributed by atoms with Gasteiger partial charge in [-0.15, -0.1) is 0 Å². The van der Waals surface area contributed by atoms with E-state index in [1.165, 1.54) is 0 Å². The molecule has 1 aromatic carbocycles. The molecule has 17 heavy (non-hydrogen) atoms. The molecule has 5 heteroatoms. The summed E-state index contributed by atoms with van der Waals surface area (Å²) >= 11 is 0. The van der Waals surface area contributed by atoms with Gasteiger partial charge in [-0.05, 0) is 12.1 Å². The number of anilines is 2. The van der Waals surface area contributed by atoms with Crippen molar-refractivity contribution >= 4 is 11.5 Å². The number of benzene rings is 1. The van der Waals surface area contributed by atoms with Crippen molar-refractivity contribution in [3.8, 4) is 5.75 Å². The van der Waals surface area contributed by atoms with Crippen LogP contribution in [0.2, 0.25) is 0 Å². The Balaban J connectivity index is 1.73. The largest absolute Gasteiger partial charge is 0.492 e. The van der Waals surface area contributed by atoms with Gasteiger partial charge in [-0.3, -0.25) is 4.98 Å². The van der Waals surface area contributed by atoms with E-state index in [-0.39, 0.29) is 0 Å². The fourth-order valence-corrected chi connectivity index (χ4v) is 1.34. The molecule has 0 amide bonds. The van der Waals surface area contributed by atoms with E-state index in [4.69, 9.17) is 10.5 Å². The molecular formula is C12H14N4O. The van der Waals surface area contributed by atoms with Crippen molar-refractivity contribution in [2.45, 2.75) is 0 Å². The van der Waals surface area contributed by atoms with Crippen LogP contribution in [0, 0.1) is 0 Å². The van der Waals surface area contributed by atoms with Crippen molar-refractivity contribution < 1.29 is 4.74 Å². The molecule has 1 aromatic heterocycles. The Kier molecular flexibility index (Phi) is 3.75. The van der Waals surface area contributed by atoms with Crippen molar-refractivity contribution in [1.82, 2.24) is 9.97 Å². The molecule has 0 aliphatic heterocycles. The third-order valence-electron chi connectivity index (χ3n) is 2.10. The number of hydrogen-bond acceptors (Lipinski definition) is 5. The van der Waals surface area contributed by atoms with Crippen LogP contribution in [-0.2, 0) is 0 Å². The molecule has 0 saturated carbocycles. The maximum Gasteiger partial charge on any atom is 0.144 e. The third kappa shape index (κ3) is 3.64. The van der Waals surface area contributed by atoms with E-state index in [1.807, 2.05) is 18.2 Å². The summed E-state index contributed by atoms with van der Waals surface area (Å²) in [4.78, 5) is 8.04. The number of ether oxygens (including phenoxy) is 1. The zero-order valence-corrected chi connectivity index (χ0v) is 9.34. The second-order valence-electron chi connectivity index (χ2n) is 3.44. The average Bonchev–Trinajstić information content (AvgIpc) is 2.36. The van der Waals surface area contributed by atoms with Gasteiger partial charge in [0.25, 0.3) is 0 Å². The molecule has 0 fully saturated rings. The summed E-state index contributed by atoms with van der Waals surface area (Å²) in [7, 11) is 0. The fourth-order valence-electron chi connectivity index (χ4n) is 1.34. The van der Waals surface area contributed by atoms with Gasteiger partial charge in [-0.1, -0.05) is 6.07 Å². The first-order valence-corrected chi connectivity index (χ1v) is 5.33. The predicted octanol–water partition coefficient (Wildman–Crippen LogP) is 1.55. The summed E-state index contributed by atoms with van der Waals surface area (Å²) in [5, 5.41) is 3.10. The van der Waals surface area contributed by atoms with Gasteiger partial charge < -0.3 is 15.8 Å². The summed E-state index contributed by atoms with van der Waals surface area (Å²) in [6.07, 6.45) is 4.94. The van der Waals surface area contributed by atoms with Crippen LogP contribution < -0.4 is 15.8 Å². The van der Waals surface area contributed by atoms with Crippen LogP contribution in [0.15, 0.2) is 42.9 Å². The van der Waals surface area contributed by atoms with Crippen LogP contribution in [-0.4, -0.2) is 23.1 Å². The standard InChI is InChI=1S/C12H14N4O/c13-10-2-1-3-11(8-10)17-7-6-16-12-9-14-4-5-15-12/h1-5,8-9H,6-7,13H2,(H,15,16). The summed E-state index contributed by atoms with van der Waals surface area (Å²) in [5.41, 5.74) is 6.34. The summed E-state index contributed by atoms with van der Waals surface area (Å²) in [6.45, 7) is 1.20. The Bertz CT molecular complexity index is 461. The van der Waals surface area contributed by atoms with Crippen molar-refractivity contribution in [1.29, 1.82) is 0 Å². The zero-order chi connectivity index (χ0) is 11.9. The lowest BCUT2D eigenvalue weighted by Crippen LogP contribution is -2.12. The molecule has 0 spiro atoms. The number of nitrogen functional groups attached to an aromatic ring is 1. The Morgan fingerprint density at radius 3 is 3.00 bits per heavy atom. The van der Waals surface area contributed by atoms with Gasteiger partial charge in [0.2, 0.25) is 0 Å². The molecule has 88 valence electrons. The molecule has 1 heterocycles. The molecule has 0 radical (unpaired) electrons. The molecule has 2 rings (SSSR count). The smallest absolute Gasteiger partial charge is 0.144 e. The molecule has 0 atom stereocenters. The van der Waals surface area contributed by atoms with E-state index < -0.39 is 0 Å². The number of rotatable bonds is 5. The number of hydrogen-bond donors (Lipinski definition) is 2. The molecule has 0 aliphatic rings.